The molecule has 1 N–H and O–H groups in total. The summed E-state index contributed by atoms with van der Waals surface area (Å²) in [6.07, 6.45) is 78.5. The molecule has 0 aromatic rings. The standard InChI is InChI=1S/C70H127N2O7P/c1-7-10-13-16-19-22-25-28-30-32-34-36-38-40-42-44-47-50-53-56-59-62-69(73)71-67(66-78-80(75,76)77-65-64-72(4,5)6)68(61-58-55-52-49-46-27-24-21-18-15-12-9-3)79-70(74)63-60-57-54-51-48-45-43-41-39-37-35-33-31-29-26-23-20-17-14-11-8-2/h11,14,20,23,29,31,35,37,41,43,48,51,58,61,67-68H,7-10,12-13,15-19,21-22,24-28,30,32-34,36,38-40,42,44-47,49-50,52-57,59-60,62-66H2,1-6H3,(H-,71,73,75,76)/b14-11-,23-20-,31-29-,37-35-,43-41-,51-48-,61-58+. The predicted molar refractivity (Wildman–Crippen MR) is 344 cm³/mol. The molecule has 0 fully saturated rings. The Balaban J connectivity index is 5.23. The van der Waals surface area contributed by atoms with Gasteiger partial charge in [0.25, 0.3) is 7.82 Å². The van der Waals surface area contributed by atoms with Gasteiger partial charge in [-0.05, 0) is 83.1 Å². The molecule has 0 aromatic heterocycles. The van der Waals surface area contributed by atoms with Crippen molar-refractivity contribution in [3.63, 3.8) is 0 Å². The molecule has 3 atom stereocenters. The molecule has 0 aliphatic carbocycles. The lowest BCUT2D eigenvalue weighted by Crippen LogP contribution is -2.47. The molecule has 0 radical (unpaired) electrons. The van der Waals surface area contributed by atoms with Crippen LogP contribution in [-0.4, -0.2) is 69.4 Å². The van der Waals surface area contributed by atoms with Gasteiger partial charge in [-0.2, -0.15) is 0 Å². The first kappa shape index (κ1) is 77.2. The van der Waals surface area contributed by atoms with Gasteiger partial charge in [0.2, 0.25) is 5.91 Å². The Labute approximate surface area is 495 Å². The molecule has 0 saturated carbocycles. The molecule has 1 amide bonds. The van der Waals surface area contributed by atoms with Gasteiger partial charge in [-0.3, -0.25) is 14.2 Å². The van der Waals surface area contributed by atoms with Crippen LogP contribution in [0.4, 0.5) is 0 Å². The molecule has 0 aliphatic heterocycles. The minimum atomic E-state index is -4.71. The molecule has 0 saturated heterocycles. The second-order valence-corrected chi connectivity index (χ2v) is 25.0. The number of hydrogen-bond donors (Lipinski definition) is 1. The quantitative estimate of drug-likeness (QED) is 0.0212. The first-order valence-electron chi connectivity index (χ1n) is 33.4. The SMILES string of the molecule is CC/C=C\C/C=C\C/C=C\C/C=C\C/C=C\C/C=C\CCCCC(=O)OC(/C=C/CCCCCCCCCCCC)C(COP(=O)([O-])OCC[N+](C)(C)C)NC(=O)CCCCCCCCCCCCCCCCCCCCCCC. The predicted octanol–water partition coefficient (Wildman–Crippen LogP) is 20.3. The number of amides is 1. The summed E-state index contributed by atoms with van der Waals surface area (Å²) in [4.78, 5) is 40.1. The summed E-state index contributed by atoms with van der Waals surface area (Å²) in [5.41, 5.74) is 0. The number of rotatable bonds is 60. The first-order chi connectivity index (χ1) is 38.9. The van der Waals surface area contributed by atoms with Crippen molar-refractivity contribution >= 4 is 19.7 Å². The number of phosphoric acid groups is 1. The topological polar surface area (TPSA) is 114 Å². The lowest BCUT2D eigenvalue weighted by molar-refractivity contribution is -0.870. The minimum Gasteiger partial charge on any atom is -0.756 e. The number of esters is 1. The highest BCUT2D eigenvalue weighted by atomic mass is 31.2. The fraction of sp³-hybridized carbons (Fsp3) is 0.771. The summed E-state index contributed by atoms with van der Waals surface area (Å²) in [6.45, 7) is 6.72. The number of nitrogens with one attached hydrogen (secondary N) is 1. The molecule has 0 aromatic carbocycles. The molecule has 0 rings (SSSR count). The van der Waals surface area contributed by atoms with Gasteiger partial charge in [-0.15, -0.1) is 0 Å². The molecule has 0 bridgehead atoms. The maximum Gasteiger partial charge on any atom is 0.306 e. The van der Waals surface area contributed by atoms with E-state index in [9.17, 15) is 19.0 Å². The number of nitrogens with zero attached hydrogens (tertiary/aromatic N) is 1. The van der Waals surface area contributed by atoms with Gasteiger partial charge in [0.15, 0.2) is 0 Å². The van der Waals surface area contributed by atoms with Crippen molar-refractivity contribution in [2.75, 3.05) is 40.9 Å². The molecule has 0 aliphatic rings. The first-order valence-corrected chi connectivity index (χ1v) is 34.9. The number of hydrogen-bond acceptors (Lipinski definition) is 7. The average molecular weight is 1140 g/mol. The zero-order chi connectivity index (χ0) is 58.6. The highest BCUT2D eigenvalue weighted by Gasteiger charge is 2.27. The van der Waals surface area contributed by atoms with Gasteiger partial charge in [-0.25, -0.2) is 0 Å². The second-order valence-electron chi connectivity index (χ2n) is 23.6. The number of phosphoric ester groups is 1. The van der Waals surface area contributed by atoms with Crippen LogP contribution >= 0.6 is 7.82 Å². The Morgan fingerprint density at radius 3 is 1.21 bits per heavy atom. The molecular formula is C70H127N2O7P. The Hall–Kier alpha value is -2.81. The third-order valence-electron chi connectivity index (χ3n) is 14.6. The Morgan fingerprint density at radius 1 is 0.450 bits per heavy atom. The van der Waals surface area contributed by atoms with E-state index in [0.29, 0.717) is 23.9 Å². The van der Waals surface area contributed by atoms with Crippen LogP contribution in [0.2, 0.25) is 0 Å². The van der Waals surface area contributed by atoms with Crippen LogP contribution in [0.1, 0.15) is 297 Å². The largest absolute Gasteiger partial charge is 0.756 e. The summed E-state index contributed by atoms with van der Waals surface area (Å²) in [5.74, 6) is -0.585. The van der Waals surface area contributed by atoms with Gasteiger partial charge in [0, 0.05) is 12.8 Å². The minimum absolute atomic E-state index is 0.0312. The summed E-state index contributed by atoms with van der Waals surface area (Å²) < 4.78 is 30.3. The van der Waals surface area contributed by atoms with E-state index in [4.69, 9.17) is 13.8 Å². The van der Waals surface area contributed by atoms with Crippen LogP contribution in [0.25, 0.3) is 0 Å². The molecule has 464 valence electrons. The molecule has 0 spiro atoms. The van der Waals surface area contributed by atoms with Crippen molar-refractivity contribution in [1.29, 1.82) is 0 Å². The van der Waals surface area contributed by atoms with E-state index in [1.807, 2.05) is 33.3 Å². The molecule has 3 unspecified atom stereocenters. The smallest absolute Gasteiger partial charge is 0.306 e. The molecular weight excluding hydrogens is 1010 g/mol. The fourth-order valence-electron chi connectivity index (χ4n) is 9.47. The highest BCUT2D eigenvalue weighted by Crippen LogP contribution is 2.38. The Bertz CT molecular complexity index is 1640. The van der Waals surface area contributed by atoms with Gasteiger partial charge in [0.1, 0.15) is 19.3 Å². The lowest BCUT2D eigenvalue weighted by Gasteiger charge is -2.30. The van der Waals surface area contributed by atoms with Crippen molar-refractivity contribution in [2.24, 2.45) is 0 Å². The van der Waals surface area contributed by atoms with Crippen molar-refractivity contribution in [1.82, 2.24) is 5.32 Å². The van der Waals surface area contributed by atoms with Crippen molar-refractivity contribution < 1.29 is 37.3 Å². The summed E-state index contributed by atoms with van der Waals surface area (Å²) >= 11 is 0. The summed E-state index contributed by atoms with van der Waals surface area (Å²) in [5, 5.41) is 3.03. The normalized spacial score (nSPS) is 14.1. The third kappa shape index (κ3) is 59.8. The number of carbonyl (C=O) groups excluding carboxylic acids is 2. The fourth-order valence-corrected chi connectivity index (χ4v) is 10.2. The maximum atomic E-state index is 13.6. The highest BCUT2D eigenvalue weighted by molar-refractivity contribution is 7.45. The monoisotopic (exact) mass is 1140 g/mol. The van der Waals surface area contributed by atoms with Crippen LogP contribution in [-0.2, 0) is 27.9 Å². The van der Waals surface area contributed by atoms with Crippen LogP contribution in [0.5, 0.6) is 0 Å². The summed E-state index contributed by atoms with van der Waals surface area (Å²) in [6, 6.07) is -0.909. The van der Waals surface area contributed by atoms with Crippen molar-refractivity contribution in [2.45, 2.75) is 309 Å². The van der Waals surface area contributed by atoms with E-state index < -0.39 is 26.6 Å². The van der Waals surface area contributed by atoms with Crippen molar-refractivity contribution in [3.8, 4) is 0 Å². The third-order valence-corrected chi connectivity index (χ3v) is 15.6. The van der Waals surface area contributed by atoms with E-state index in [2.05, 4.69) is 99.0 Å². The van der Waals surface area contributed by atoms with E-state index in [1.165, 1.54) is 167 Å². The van der Waals surface area contributed by atoms with Crippen molar-refractivity contribution in [3.05, 3.63) is 85.1 Å². The van der Waals surface area contributed by atoms with Crippen LogP contribution in [0, 0.1) is 0 Å². The van der Waals surface area contributed by atoms with Gasteiger partial charge in [-0.1, -0.05) is 286 Å². The summed E-state index contributed by atoms with van der Waals surface area (Å²) in [7, 11) is 1.16. The Morgan fingerprint density at radius 2 is 0.800 bits per heavy atom. The maximum absolute atomic E-state index is 13.6. The average Bonchev–Trinajstić information content (AvgIpc) is 3.42. The molecule has 9 nitrogen and oxygen atoms in total. The van der Waals surface area contributed by atoms with E-state index in [-0.39, 0.29) is 24.9 Å². The van der Waals surface area contributed by atoms with Gasteiger partial charge >= 0.3 is 5.97 Å². The molecule has 80 heavy (non-hydrogen) atoms. The number of unbranched alkanes of at least 4 members (excludes halogenated alkanes) is 32. The van der Waals surface area contributed by atoms with Gasteiger partial charge in [0.05, 0.1) is 33.8 Å². The zero-order valence-corrected chi connectivity index (χ0v) is 53.9. The number of carbonyl (C=O) groups is 2. The number of allylic oxidation sites excluding steroid dienone is 13. The lowest BCUT2D eigenvalue weighted by atomic mass is 10.0. The Kier molecular flexibility index (Phi) is 57.3. The van der Waals surface area contributed by atoms with Crippen LogP contribution in [0.15, 0.2) is 85.1 Å². The van der Waals surface area contributed by atoms with Gasteiger partial charge < -0.3 is 28.5 Å². The van der Waals surface area contributed by atoms with Crippen LogP contribution in [0.3, 0.4) is 0 Å². The van der Waals surface area contributed by atoms with Crippen LogP contribution < -0.4 is 10.2 Å². The number of likely N-dealkylation sites (N-methyl/N-ethyl adjacent to an activating group) is 1. The van der Waals surface area contributed by atoms with E-state index in [1.54, 1.807) is 0 Å². The molecule has 0 heterocycles. The van der Waals surface area contributed by atoms with E-state index >= 15 is 0 Å². The number of quaternary nitrogens is 1. The second kappa shape index (κ2) is 59.4. The van der Waals surface area contributed by atoms with E-state index in [0.717, 1.165) is 89.9 Å². The zero-order valence-electron chi connectivity index (χ0n) is 53.0. The number of ether oxygens (including phenoxy) is 1. The molecule has 10 heteroatoms.